The van der Waals surface area contributed by atoms with Crippen molar-refractivity contribution in [1.82, 2.24) is 9.97 Å². The number of nitrogens with zero attached hydrogens (tertiary/aromatic N) is 2. The number of nitrogens with one attached hydrogen (secondary N) is 1. The Hall–Kier alpha value is -1.36. The van der Waals surface area contributed by atoms with Gasteiger partial charge >= 0.3 is 0 Å². The predicted molar refractivity (Wildman–Crippen MR) is 77.3 cm³/mol. The minimum atomic E-state index is 0.463. The summed E-state index contributed by atoms with van der Waals surface area (Å²) in [5, 5.41) is 3.30. The van der Waals surface area contributed by atoms with Gasteiger partial charge in [0.25, 0.3) is 0 Å². The van der Waals surface area contributed by atoms with Crippen LogP contribution in [0.25, 0.3) is 0 Å². The third-order valence-electron chi connectivity index (χ3n) is 3.60. The molecule has 3 N–H and O–H groups in total. The Bertz CT molecular complexity index is 416. The zero-order valence-electron chi connectivity index (χ0n) is 11.9. The molecule has 0 amide bonds. The lowest BCUT2D eigenvalue weighted by Gasteiger charge is -2.14. The van der Waals surface area contributed by atoms with Crippen LogP contribution in [0.5, 0.6) is 0 Å². The number of anilines is 2. The van der Waals surface area contributed by atoms with E-state index >= 15 is 0 Å². The van der Waals surface area contributed by atoms with Crippen LogP contribution in [0, 0.1) is 6.92 Å². The summed E-state index contributed by atoms with van der Waals surface area (Å²) < 4.78 is 5.81. The zero-order valence-corrected chi connectivity index (χ0v) is 11.9. The summed E-state index contributed by atoms with van der Waals surface area (Å²) in [6.07, 6.45) is 6.28. The molecule has 5 nitrogen and oxygen atoms in total. The highest BCUT2D eigenvalue weighted by Crippen LogP contribution is 2.21. The maximum absolute atomic E-state index is 5.88. The predicted octanol–water partition coefficient (Wildman–Crippen LogP) is 2.30. The highest BCUT2D eigenvalue weighted by Gasteiger charge is 2.14. The van der Waals surface area contributed by atoms with Gasteiger partial charge in [0, 0.05) is 18.5 Å². The molecule has 0 bridgehead atoms. The minimum Gasteiger partial charge on any atom is -0.383 e. The van der Waals surface area contributed by atoms with Crippen molar-refractivity contribution in [1.29, 1.82) is 0 Å². The van der Waals surface area contributed by atoms with Crippen molar-refractivity contribution in [3.63, 3.8) is 0 Å². The van der Waals surface area contributed by atoms with E-state index in [2.05, 4.69) is 15.3 Å². The van der Waals surface area contributed by atoms with Gasteiger partial charge < -0.3 is 15.8 Å². The van der Waals surface area contributed by atoms with Gasteiger partial charge in [-0.3, -0.25) is 0 Å². The van der Waals surface area contributed by atoms with Crippen LogP contribution in [-0.2, 0) is 11.2 Å². The van der Waals surface area contributed by atoms with Crippen molar-refractivity contribution < 1.29 is 4.74 Å². The fourth-order valence-electron chi connectivity index (χ4n) is 2.36. The number of rotatable bonds is 6. The molecule has 1 aromatic rings. The summed E-state index contributed by atoms with van der Waals surface area (Å²) in [6.45, 7) is 5.44. The maximum atomic E-state index is 5.88. The number of aromatic nitrogens is 2. The number of hydrogen-bond donors (Lipinski definition) is 2. The van der Waals surface area contributed by atoms with E-state index in [1.165, 1.54) is 25.7 Å². The molecule has 19 heavy (non-hydrogen) atoms. The topological polar surface area (TPSA) is 73.1 Å². The molecule has 0 atom stereocenters. The second kappa shape index (κ2) is 6.70. The quantitative estimate of drug-likeness (QED) is 0.771. The third-order valence-corrected chi connectivity index (χ3v) is 3.60. The largest absolute Gasteiger partial charge is 0.383 e. The molecular weight excluding hydrogens is 240 g/mol. The van der Waals surface area contributed by atoms with E-state index in [1.807, 2.05) is 13.8 Å². The van der Waals surface area contributed by atoms with E-state index in [9.17, 15) is 0 Å². The lowest BCUT2D eigenvalue weighted by atomic mass is 10.3. The molecule has 1 fully saturated rings. The highest BCUT2D eigenvalue weighted by atomic mass is 16.5. The van der Waals surface area contributed by atoms with Crippen LogP contribution >= 0.6 is 0 Å². The molecular formula is C14H24N4O. The average molecular weight is 264 g/mol. The lowest BCUT2D eigenvalue weighted by molar-refractivity contribution is 0.0658. The van der Waals surface area contributed by atoms with Gasteiger partial charge in [-0.2, -0.15) is 0 Å². The lowest BCUT2D eigenvalue weighted by Crippen LogP contribution is -2.17. The van der Waals surface area contributed by atoms with Crippen molar-refractivity contribution in [2.75, 3.05) is 24.2 Å². The first-order valence-electron chi connectivity index (χ1n) is 7.19. The number of aryl methyl sites for hydroxylation is 1. The summed E-state index contributed by atoms with van der Waals surface area (Å²) in [5.41, 5.74) is 6.79. The third kappa shape index (κ3) is 3.80. The molecule has 1 aliphatic carbocycles. The summed E-state index contributed by atoms with van der Waals surface area (Å²) >= 11 is 0. The van der Waals surface area contributed by atoms with Crippen LogP contribution in [0.4, 0.5) is 11.6 Å². The molecule has 1 aliphatic rings. The van der Waals surface area contributed by atoms with Crippen LogP contribution < -0.4 is 11.1 Å². The van der Waals surface area contributed by atoms with E-state index in [0.29, 0.717) is 11.9 Å². The summed E-state index contributed by atoms with van der Waals surface area (Å²) in [7, 11) is 0. The van der Waals surface area contributed by atoms with Crippen LogP contribution in [-0.4, -0.2) is 29.2 Å². The minimum absolute atomic E-state index is 0.463. The summed E-state index contributed by atoms with van der Waals surface area (Å²) in [4.78, 5) is 8.70. The molecule has 106 valence electrons. The fourth-order valence-corrected chi connectivity index (χ4v) is 2.36. The van der Waals surface area contributed by atoms with Gasteiger partial charge in [0.1, 0.15) is 17.5 Å². The Labute approximate surface area is 115 Å². The van der Waals surface area contributed by atoms with Crippen molar-refractivity contribution in [2.24, 2.45) is 0 Å². The van der Waals surface area contributed by atoms with Crippen molar-refractivity contribution >= 4 is 11.6 Å². The first kappa shape index (κ1) is 14.1. The van der Waals surface area contributed by atoms with Gasteiger partial charge in [-0.25, -0.2) is 9.97 Å². The number of nitrogen functional groups attached to an aromatic ring is 1. The average Bonchev–Trinajstić information content (AvgIpc) is 2.92. The number of nitrogens with two attached hydrogens (primary N) is 1. The van der Waals surface area contributed by atoms with E-state index in [-0.39, 0.29) is 0 Å². The number of hydrogen-bond acceptors (Lipinski definition) is 5. The fraction of sp³-hybridized carbons (Fsp3) is 0.714. The van der Waals surface area contributed by atoms with Gasteiger partial charge in [0.05, 0.1) is 12.7 Å². The zero-order chi connectivity index (χ0) is 13.7. The molecule has 0 aliphatic heterocycles. The first-order valence-corrected chi connectivity index (χ1v) is 7.19. The normalized spacial score (nSPS) is 15.9. The second-order valence-electron chi connectivity index (χ2n) is 5.06. The molecule has 1 heterocycles. The molecule has 2 rings (SSSR count). The molecule has 1 aromatic heterocycles. The van der Waals surface area contributed by atoms with Gasteiger partial charge in [0.2, 0.25) is 0 Å². The van der Waals surface area contributed by atoms with Crippen molar-refractivity contribution in [3.05, 3.63) is 11.4 Å². The van der Waals surface area contributed by atoms with Gasteiger partial charge in [0.15, 0.2) is 0 Å². The van der Waals surface area contributed by atoms with E-state index in [0.717, 1.165) is 36.8 Å². The van der Waals surface area contributed by atoms with E-state index in [4.69, 9.17) is 10.5 Å². The van der Waals surface area contributed by atoms with Crippen molar-refractivity contribution in [2.45, 2.75) is 52.1 Å². The molecule has 1 saturated carbocycles. The smallest absolute Gasteiger partial charge is 0.134 e. The van der Waals surface area contributed by atoms with Crippen LogP contribution in [0.2, 0.25) is 0 Å². The second-order valence-corrected chi connectivity index (χ2v) is 5.06. The molecule has 5 heteroatoms. The SMILES string of the molecule is CCc1nc(N)c(C)c(NCCOC2CCCC2)n1. The molecule has 0 saturated heterocycles. The maximum Gasteiger partial charge on any atom is 0.134 e. The van der Waals surface area contributed by atoms with E-state index < -0.39 is 0 Å². The monoisotopic (exact) mass is 264 g/mol. The molecule has 0 aromatic carbocycles. The van der Waals surface area contributed by atoms with Gasteiger partial charge in [-0.15, -0.1) is 0 Å². The number of ether oxygens (including phenoxy) is 1. The van der Waals surface area contributed by atoms with Crippen LogP contribution in [0.1, 0.15) is 44.0 Å². The Kier molecular flexibility index (Phi) is 4.96. The molecule has 0 radical (unpaired) electrons. The van der Waals surface area contributed by atoms with Gasteiger partial charge in [-0.05, 0) is 19.8 Å². The van der Waals surface area contributed by atoms with Crippen LogP contribution in [0.3, 0.4) is 0 Å². The van der Waals surface area contributed by atoms with Crippen LogP contribution in [0.15, 0.2) is 0 Å². The van der Waals surface area contributed by atoms with Crippen molar-refractivity contribution in [3.8, 4) is 0 Å². The molecule has 0 spiro atoms. The summed E-state index contributed by atoms with van der Waals surface area (Å²) in [6, 6.07) is 0. The first-order chi connectivity index (χ1) is 9.20. The summed E-state index contributed by atoms with van der Waals surface area (Å²) in [5.74, 6) is 2.17. The Morgan fingerprint density at radius 2 is 2.05 bits per heavy atom. The Morgan fingerprint density at radius 1 is 1.32 bits per heavy atom. The Morgan fingerprint density at radius 3 is 2.74 bits per heavy atom. The standard InChI is InChI=1S/C14H24N4O/c1-3-12-17-13(15)10(2)14(18-12)16-8-9-19-11-6-4-5-7-11/h11H,3-9H2,1-2H3,(H3,15,16,17,18). The van der Waals surface area contributed by atoms with E-state index in [1.54, 1.807) is 0 Å². The van der Waals surface area contributed by atoms with Gasteiger partial charge in [-0.1, -0.05) is 19.8 Å². The molecule has 0 unspecified atom stereocenters. The highest BCUT2D eigenvalue weighted by molar-refractivity contribution is 5.54. The Balaban J connectivity index is 1.82.